The van der Waals surface area contributed by atoms with E-state index in [0.29, 0.717) is 13.2 Å². The number of hydrogen-bond acceptors (Lipinski definition) is 5. The summed E-state index contributed by atoms with van der Waals surface area (Å²) >= 11 is 1.56. The van der Waals surface area contributed by atoms with Crippen molar-refractivity contribution in [3.63, 3.8) is 0 Å². The second-order valence-electron chi connectivity index (χ2n) is 6.24. The maximum atomic E-state index is 12.5. The van der Waals surface area contributed by atoms with Gasteiger partial charge in [0, 0.05) is 24.5 Å². The summed E-state index contributed by atoms with van der Waals surface area (Å²) in [7, 11) is 0. The molecule has 2 aromatic rings. The number of nitrogens with one attached hydrogen (secondary N) is 1. The molecule has 1 amide bonds. The zero-order chi connectivity index (χ0) is 15.7. The van der Waals surface area contributed by atoms with E-state index in [4.69, 9.17) is 4.74 Å². The molecule has 2 saturated heterocycles. The van der Waals surface area contributed by atoms with E-state index in [2.05, 4.69) is 10.3 Å². The molecule has 6 heteroatoms. The van der Waals surface area contributed by atoms with Gasteiger partial charge in [0.25, 0.3) is 5.91 Å². The topological polar surface area (TPSA) is 54.5 Å². The number of aromatic nitrogens is 1. The normalized spacial score (nSPS) is 26.8. The van der Waals surface area contributed by atoms with Gasteiger partial charge in [-0.2, -0.15) is 11.3 Å². The van der Waals surface area contributed by atoms with Gasteiger partial charge < -0.3 is 15.0 Å². The van der Waals surface area contributed by atoms with Gasteiger partial charge in [0.1, 0.15) is 5.82 Å². The van der Waals surface area contributed by atoms with E-state index in [9.17, 15) is 4.79 Å². The monoisotopic (exact) mass is 329 g/mol. The van der Waals surface area contributed by atoms with Crippen LogP contribution in [0.1, 0.15) is 23.2 Å². The summed E-state index contributed by atoms with van der Waals surface area (Å²) < 4.78 is 6.10. The third-order valence-corrected chi connectivity index (χ3v) is 5.28. The van der Waals surface area contributed by atoms with Crippen molar-refractivity contribution >= 4 is 23.1 Å². The number of likely N-dealkylation sites (tertiary alicyclic amines) is 1. The molecule has 2 aliphatic heterocycles. The molecular weight excluding hydrogens is 310 g/mol. The minimum Gasteiger partial charge on any atom is -0.371 e. The Labute approximate surface area is 139 Å². The zero-order valence-electron chi connectivity index (χ0n) is 12.8. The van der Waals surface area contributed by atoms with Crippen LogP contribution >= 0.6 is 11.3 Å². The van der Waals surface area contributed by atoms with Gasteiger partial charge in [-0.1, -0.05) is 6.07 Å². The molecule has 23 heavy (non-hydrogen) atoms. The maximum Gasteiger partial charge on any atom is 0.254 e. The van der Waals surface area contributed by atoms with Crippen molar-refractivity contribution in [2.24, 2.45) is 0 Å². The Hall–Kier alpha value is -1.92. The van der Waals surface area contributed by atoms with Crippen molar-refractivity contribution in [1.82, 2.24) is 9.88 Å². The predicted octanol–water partition coefficient (Wildman–Crippen LogP) is 2.63. The highest BCUT2D eigenvalue weighted by atomic mass is 32.1. The summed E-state index contributed by atoms with van der Waals surface area (Å²) in [5.41, 5.74) is 0.589. The molecule has 2 aromatic heterocycles. The number of ether oxygens (including phenoxy) is 1. The Bertz CT molecular complexity index is 676. The van der Waals surface area contributed by atoms with Crippen LogP contribution in [0.15, 0.2) is 41.2 Å². The molecule has 0 unspecified atom stereocenters. The number of pyridine rings is 1. The van der Waals surface area contributed by atoms with Crippen LogP contribution in [-0.2, 0) is 4.74 Å². The molecule has 0 bridgehead atoms. The first-order valence-corrected chi connectivity index (χ1v) is 8.81. The SMILES string of the molecule is O=C(c1ccsc1)N1CC[C@@]2(C[C@@H](Nc3ccccn3)CO2)C1. The van der Waals surface area contributed by atoms with Crippen molar-refractivity contribution in [2.45, 2.75) is 24.5 Å². The lowest BCUT2D eigenvalue weighted by Gasteiger charge is -2.23. The average molecular weight is 329 g/mol. The van der Waals surface area contributed by atoms with Crippen LogP contribution in [0, 0.1) is 0 Å². The maximum absolute atomic E-state index is 12.5. The first-order chi connectivity index (χ1) is 11.2. The number of hydrogen-bond donors (Lipinski definition) is 1. The van der Waals surface area contributed by atoms with Gasteiger partial charge in [0.05, 0.1) is 30.4 Å². The number of carbonyl (C=O) groups is 1. The highest BCUT2D eigenvalue weighted by Gasteiger charge is 2.46. The lowest BCUT2D eigenvalue weighted by molar-refractivity contribution is 0.0125. The molecule has 1 N–H and O–H groups in total. The third-order valence-electron chi connectivity index (χ3n) is 4.60. The summed E-state index contributed by atoms with van der Waals surface area (Å²) in [6, 6.07) is 7.98. The average Bonchev–Trinajstić information content (AvgIpc) is 3.31. The van der Waals surface area contributed by atoms with Gasteiger partial charge in [0.2, 0.25) is 0 Å². The number of carbonyl (C=O) groups excluding carboxylic acids is 1. The van der Waals surface area contributed by atoms with Gasteiger partial charge in [0.15, 0.2) is 0 Å². The Balaban J connectivity index is 1.38. The Morgan fingerprint density at radius 3 is 3.17 bits per heavy atom. The lowest BCUT2D eigenvalue weighted by Crippen LogP contribution is -2.36. The van der Waals surface area contributed by atoms with Crippen LogP contribution < -0.4 is 5.32 Å². The first-order valence-electron chi connectivity index (χ1n) is 7.87. The van der Waals surface area contributed by atoms with Crippen LogP contribution in [0.2, 0.25) is 0 Å². The molecule has 4 heterocycles. The second-order valence-corrected chi connectivity index (χ2v) is 7.02. The Morgan fingerprint density at radius 1 is 1.43 bits per heavy atom. The summed E-state index contributed by atoms with van der Waals surface area (Å²) in [5.74, 6) is 0.996. The predicted molar refractivity (Wildman–Crippen MR) is 89.8 cm³/mol. The van der Waals surface area contributed by atoms with Crippen molar-refractivity contribution in [3.8, 4) is 0 Å². The minimum atomic E-state index is -0.196. The van der Waals surface area contributed by atoms with Crippen molar-refractivity contribution < 1.29 is 9.53 Å². The molecule has 0 saturated carbocycles. The van der Waals surface area contributed by atoms with Crippen LogP contribution in [0.3, 0.4) is 0 Å². The molecule has 2 atom stereocenters. The highest BCUT2D eigenvalue weighted by Crippen LogP contribution is 2.36. The van der Waals surface area contributed by atoms with E-state index < -0.39 is 0 Å². The number of anilines is 1. The molecule has 2 fully saturated rings. The second kappa shape index (κ2) is 5.94. The van der Waals surface area contributed by atoms with E-state index in [0.717, 1.165) is 30.8 Å². The molecule has 0 aromatic carbocycles. The van der Waals surface area contributed by atoms with Crippen LogP contribution in [-0.4, -0.2) is 47.1 Å². The highest BCUT2D eigenvalue weighted by molar-refractivity contribution is 7.08. The van der Waals surface area contributed by atoms with Crippen LogP contribution in [0.4, 0.5) is 5.82 Å². The number of rotatable bonds is 3. The number of thiophene rings is 1. The number of amides is 1. The summed E-state index contributed by atoms with van der Waals surface area (Å²) in [5, 5.41) is 7.28. The Kier molecular flexibility index (Phi) is 3.79. The molecular formula is C17H19N3O2S. The smallest absolute Gasteiger partial charge is 0.254 e. The molecule has 0 radical (unpaired) electrons. The van der Waals surface area contributed by atoms with Crippen molar-refractivity contribution in [3.05, 3.63) is 46.8 Å². The van der Waals surface area contributed by atoms with Gasteiger partial charge in [-0.15, -0.1) is 0 Å². The summed E-state index contributed by atoms with van der Waals surface area (Å²) in [6.45, 7) is 2.12. The molecule has 5 nitrogen and oxygen atoms in total. The molecule has 120 valence electrons. The Morgan fingerprint density at radius 2 is 2.39 bits per heavy atom. The van der Waals surface area contributed by atoms with Crippen molar-refractivity contribution in [2.75, 3.05) is 25.0 Å². The minimum absolute atomic E-state index is 0.118. The fourth-order valence-corrected chi connectivity index (χ4v) is 4.10. The lowest BCUT2D eigenvalue weighted by atomic mass is 9.97. The number of nitrogens with zero attached hydrogens (tertiary/aromatic N) is 2. The fourth-order valence-electron chi connectivity index (χ4n) is 3.47. The van der Waals surface area contributed by atoms with Crippen LogP contribution in [0.5, 0.6) is 0 Å². The largest absolute Gasteiger partial charge is 0.371 e. The van der Waals surface area contributed by atoms with Gasteiger partial charge in [-0.05, 0) is 30.0 Å². The van der Waals surface area contributed by atoms with E-state index >= 15 is 0 Å². The van der Waals surface area contributed by atoms with E-state index in [1.54, 1.807) is 17.5 Å². The first kappa shape index (κ1) is 14.7. The molecule has 0 aliphatic carbocycles. The quantitative estimate of drug-likeness (QED) is 0.940. The van der Waals surface area contributed by atoms with Gasteiger partial charge in [-0.3, -0.25) is 4.79 Å². The molecule has 4 rings (SSSR count). The van der Waals surface area contributed by atoms with E-state index in [1.807, 2.05) is 39.9 Å². The van der Waals surface area contributed by atoms with E-state index in [-0.39, 0.29) is 17.6 Å². The van der Waals surface area contributed by atoms with E-state index in [1.165, 1.54) is 0 Å². The standard InChI is InChI=1S/C17H19N3O2S/c21-16(13-4-8-23-11-13)20-7-5-17(12-20)9-14(10-22-17)19-15-3-1-2-6-18-15/h1-4,6,8,11,14H,5,7,9-10,12H2,(H,18,19)/t14-,17-/m1/s1. The van der Waals surface area contributed by atoms with Crippen LogP contribution in [0.25, 0.3) is 0 Å². The molecule has 1 spiro atoms. The van der Waals surface area contributed by atoms with Gasteiger partial charge >= 0.3 is 0 Å². The zero-order valence-corrected chi connectivity index (χ0v) is 13.6. The summed E-state index contributed by atoms with van der Waals surface area (Å²) in [4.78, 5) is 18.7. The summed E-state index contributed by atoms with van der Waals surface area (Å²) in [6.07, 6.45) is 3.60. The van der Waals surface area contributed by atoms with Crippen molar-refractivity contribution in [1.29, 1.82) is 0 Å². The van der Waals surface area contributed by atoms with Gasteiger partial charge in [-0.25, -0.2) is 4.98 Å². The fraction of sp³-hybridized carbons (Fsp3) is 0.412. The third kappa shape index (κ3) is 2.96. The molecule has 2 aliphatic rings.